The molecular formula is C23H25FN4O4S2. The molecule has 0 spiro atoms. The lowest BCUT2D eigenvalue weighted by atomic mass is 10.2. The van der Waals surface area contributed by atoms with Gasteiger partial charge in [0.05, 0.1) is 22.2 Å². The van der Waals surface area contributed by atoms with Gasteiger partial charge in [-0.25, -0.2) is 17.8 Å². The highest BCUT2D eigenvalue weighted by molar-refractivity contribution is 7.89. The summed E-state index contributed by atoms with van der Waals surface area (Å²) in [5.41, 5.74) is 0.909. The van der Waals surface area contributed by atoms with Gasteiger partial charge in [0, 0.05) is 32.7 Å². The molecule has 0 saturated carbocycles. The number of anilines is 1. The van der Waals surface area contributed by atoms with Crippen LogP contribution in [0.15, 0.2) is 47.4 Å². The normalized spacial score (nSPS) is 19.6. The van der Waals surface area contributed by atoms with E-state index in [-0.39, 0.29) is 17.3 Å². The third-order valence-corrected chi connectivity index (χ3v) is 9.36. The van der Waals surface area contributed by atoms with Crippen molar-refractivity contribution in [3.05, 3.63) is 48.3 Å². The van der Waals surface area contributed by atoms with Gasteiger partial charge in [0.25, 0.3) is 0 Å². The second-order valence-electron chi connectivity index (χ2n) is 8.37. The highest BCUT2D eigenvalue weighted by Gasteiger charge is 2.41. The summed E-state index contributed by atoms with van der Waals surface area (Å²) in [5, 5.41) is 0.900. The monoisotopic (exact) mass is 504 g/mol. The lowest BCUT2D eigenvalue weighted by Crippen LogP contribution is -2.54. The quantitative estimate of drug-likeness (QED) is 0.531. The highest BCUT2D eigenvalue weighted by atomic mass is 32.2. The first-order chi connectivity index (χ1) is 16.4. The molecule has 1 amide bonds. The van der Waals surface area contributed by atoms with Crippen molar-refractivity contribution in [3.63, 3.8) is 0 Å². The average Bonchev–Trinajstić information content (AvgIpc) is 3.51. The number of methoxy groups -OCH3 is 1. The first-order valence-corrected chi connectivity index (χ1v) is 13.4. The number of aromatic nitrogens is 1. The van der Waals surface area contributed by atoms with Crippen LogP contribution in [0, 0.1) is 5.82 Å². The highest BCUT2D eigenvalue weighted by Crippen LogP contribution is 2.32. The van der Waals surface area contributed by atoms with Crippen molar-refractivity contribution in [2.45, 2.75) is 23.8 Å². The molecule has 2 aliphatic rings. The van der Waals surface area contributed by atoms with Crippen molar-refractivity contribution in [1.82, 2.24) is 14.2 Å². The Balaban J connectivity index is 1.26. The molecular weight excluding hydrogens is 479 g/mol. The third kappa shape index (κ3) is 4.23. The molecule has 3 aromatic rings. The Morgan fingerprint density at radius 1 is 1.09 bits per heavy atom. The van der Waals surface area contributed by atoms with Gasteiger partial charge in [-0.1, -0.05) is 11.3 Å². The molecule has 0 aliphatic carbocycles. The Labute approximate surface area is 201 Å². The standard InChI is InChI=1S/C23H25FN4O4S2/c1-32-17-6-9-19-21(15-17)33-23(25-19)27-13-11-26(12-14-27)22(29)20-3-2-10-28(20)34(30,31)18-7-4-16(24)5-8-18/h4-9,15,20H,2-3,10-14H2,1H3. The molecule has 0 radical (unpaired) electrons. The topological polar surface area (TPSA) is 83.1 Å². The fourth-order valence-electron chi connectivity index (χ4n) is 4.50. The number of rotatable bonds is 5. The summed E-state index contributed by atoms with van der Waals surface area (Å²) in [7, 11) is -2.24. The first kappa shape index (κ1) is 23.0. The molecule has 0 bridgehead atoms. The van der Waals surface area contributed by atoms with E-state index in [9.17, 15) is 17.6 Å². The van der Waals surface area contributed by atoms with Gasteiger partial charge >= 0.3 is 0 Å². The number of amides is 1. The van der Waals surface area contributed by atoms with Crippen LogP contribution in [0.4, 0.5) is 9.52 Å². The van der Waals surface area contributed by atoms with E-state index >= 15 is 0 Å². The molecule has 1 aromatic heterocycles. The van der Waals surface area contributed by atoms with Gasteiger partial charge in [0.15, 0.2) is 5.13 Å². The first-order valence-electron chi connectivity index (χ1n) is 11.1. The number of fused-ring (bicyclic) bond motifs is 1. The summed E-state index contributed by atoms with van der Waals surface area (Å²) in [4.78, 5) is 21.9. The number of nitrogens with zero attached hydrogens (tertiary/aromatic N) is 4. The number of halogens is 1. The van der Waals surface area contributed by atoms with E-state index in [1.165, 1.54) is 16.4 Å². The van der Waals surface area contributed by atoms with Crippen LogP contribution in [0.25, 0.3) is 10.2 Å². The fourth-order valence-corrected chi connectivity index (χ4v) is 7.20. The summed E-state index contributed by atoms with van der Waals surface area (Å²) in [5.74, 6) is 0.116. The van der Waals surface area contributed by atoms with E-state index < -0.39 is 21.9 Å². The van der Waals surface area contributed by atoms with Crippen LogP contribution < -0.4 is 9.64 Å². The predicted octanol–water partition coefficient (Wildman–Crippen LogP) is 2.95. The molecule has 1 unspecified atom stereocenters. The summed E-state index contributed by atoms with van der Waals surface area (Å²) in [6.45, 7) is 2.53. The second kappa shape index (κ2) is 9.12. The number of piperazine rings is 1. The number of hydrogen-bond donors (Lipinski definition) is 0. The predicted molar refractivity (Wildman–Crippen MR) is 128 cm³/mol. The molecule has 11 heteroatoms. The minimum Gasteiger partial charge on any atom is -0.497 e. The van der Waals surface area contributed by atoms with Gasteiger partial charge in [-0.2, -0.15) is 4.31 Å². The van der Waals surface area contributed by atoms with Crippen LogP contribution in [-0.2, 0) is 14.8 Å². The zero-order valence-electron chi connectivity index (χ0n) is 18.7. The van der Waals surface area contributed by atoms with Crippen molar-refractivity contribution >= 4 is 42.6 Å². The van der Waals surface area contributed by atoms with Crippen LogP contribution in [0.2, 0.25) is 0 Å². The van der Waals surface area contributed by atoms with Gasteiger partial charge < -0.3 is 14.5 Å². The molecule has 2 saturated heterocycles. The lowest BCUT2D eigenvalue weighted by molar-refractivity contribution is -0.134. The Hall–Kier alpha value is -2.76. The van der Waals surface area contributed by atoms with Gasteiger partial charge in [-0.15, -0.1) is 0 Å². The average molecular weight is 505 g/mol. The lowest BCUT2D eigenvalue weighted by Gasteiger charge is -2.37. The number of thiazole rings is 1. The third-order valence-electron chi connectivity index (χ3n) is 6.36. The van der Waals surface area contributed by atoms with Crippen molar-refractivity contribution in [2.75, 3.05) is 44.7 Å². The Kier molecular flexibility index (Phi) is 6.17. The summed E-state index contributed by atoms with van der Waals surface area (Å²) < 4.78 is 47.1. The summed E-state index contributed by atoms with van der Waals surface area (Å²) in [6.07, 6.45) is 1.10. The maximum atomic E-state index is 13.3. The SMILES string of the molecule is COc1ccc2nc(N3CCN(C(=O)C4CCCN4S(=O)(=O)c4ccc(F)cc4)CC3)sc2c1. The maximum absolute atomic E-state index is 13.3. The van der Waals surface area contributed by atoms with Crippen molar-refractivity contribution < 1.29 is 22.3 Å². The van der Waals surface area contributed by atoms with E-state index in [4.69, 9.17) is 9.72 Å². The van der Waals surface area contributed by atoms with Crippen LogP contribution in [-0.4, -0.2) is 74.4 Å². The van der Waals surface area contributed by atoms with Crippen LogP contribution >= 0.6 is 11.3 Å². The Bertz CT molecular complexity index is 1300. The summed E-state index contributed by atoms with van der Waals surface area (Å²) >= 11 is 1.59. The van der Waals surface area contributed by atoms with Gasteiger partial charge in [-0.05, 0) is 55.3 Å². The molecule has 5 rings (SSSR count). The number of carbonyl (C=O) groups excluding carboxylic acids is 1. The number of ether oxygens (including phenoxy) is 1. The van der Waals surface area contributed by atoms with Gasteiger partial charge in [0.2, 0.25) is 15.9 Å². The fraction of sp³-hybridized carbons (Fsp3) is 0.391. The van der Waals surface area contributed by atoms with Crippen molar-refractivity contribution in [1.29, 1.82) is 0 Å². The van der Waals surface area contributed by atoms with Crippen LogP contribution in [0.3, 0.4) is 0 Å². The molecule has 2 fully saturated rings. The summed E-state index contributed by atoms with van der Waals surface area (Å²) in [6, 6.07) is 9.80. The molecule has 8 nitrogen and oxygen atoms in total. The molecule has 2 aliphatic heterocycles. The van der Waals surface area contributed by atoms with Gasteiger partial charge in [0.1, 0.15) is 17.6 Å². The van der Waals surface area contributed by atoms with E-state index in [2.05, 4.69) is 4.90 Å². The van der Waals surface area contributed by atoms with E-state index in [0.717, 1.165) is 33.2 Å². The zero-order valence-corrected chi connectivity index (χ0v) is 20.3. The van der Waals surface area contributed by atoms with E-state index in [1.54, 1.807) is 23.3 Å². The van der Waals surface area contributed by atoms with Gasteiger partial charge in [-0.3, -0.25) is 4.79 Å². The zero-order chi connectivity index (χ0) is 23.9. The van der Waals surface area contributed by atoms with Crippen molar-refractivity contribution in [2.24, 2.45) is 0 Å². The molecule has 34 heavy (non-hydrogen) atoms. The Morgan fingerprint density at radius 2 is 1.82 bits per heavy atom. The molecule has 0 N–H and O–H groups in total. The number of carbonyl (C=O) groups is 1. The van der Waals surface area contributed by atoms with E-state index in [1.807, 2.05) is 18.2 Å². The number of benzene rings is 2. The Morgan fingerprint density at radius 3 is 2.53 bits per heavy atom. The maximum Gasteiger partial charge on any atom is 0.243 e. The largest absolute Gasteiger partial charge is 0.497 e. The smallest absolute Gasteiger partial charge is 0.243 e. The van der Waals surface area contributed by atoms with Crippen LogP contribution in [0.5, 0.6) is 5.75 Å². The molecule has 3 heterocycles. The second-order valence-corrected chi connectivity index (χ2v) is 11.3. The number of hydrogen-bond acceptors (Lipinski definition) is 7. The minimum atomic E-state index is -3.87. The van der Waals surface area contributed by atoms with Crippen molar-refractivity contribution in [3.8, 4) is 5.75 Å². The molecule has 180 valence electrons. The number of sulfonamides is 1. The minimum absolute atomic E-state index is 0.00545. The molecule has 2 aromatic carbocycles. The van der Waals surface area contributed by atoms with Crippen LogP contribution in [0.1, 0.15) is 12.8 Å². The van der Waals surface area contributed by atoms with E-state index in [0.29, 0.717) is 39.0 Å². The molecule has 1 atom stereocenters.